The van der Waals surface area contributed by atoms with Crippen molar-refractivity contribution in [2.75, 3.05) is 0 Å². The molecule has 0 saturated heterocycles. The zero-order valence-electron chi connectivity index (χ0n) is 9.40. The molecule has 94 valence electrons. The third kappa shape index (κ3) is 2.13. The number of hydrogen-bond donors (Lipinski definition) is 0. The van der Waals surface area contributed by atoms with Crippen LogP contribution in [0, 0.1) is 6.92 Å². The largest absolute Gasteiger partial charge is 0.416 e. The van der Waals surface area contributed by atoms with Crippen LogP contribution in [0.1, 0.15) is 21.6 Å². The van der Waals surface area contributed by atoms with E-state index in [4.69, 9.17) is 0 Å². The van der Waals surface area contributed by atoms with E-state index >= 15 is 0 Å². The Hall–Kier alpha value is -2.11. The molecule has 6 heteroatoms. The first-order chi connectivity index (χ1) is 8.43. The lowest BCUT2D eigenvalue weighted by atomic mass is 10.2. The molecule has 0 unspecified atom stereocenters. The van der Waals surface area contributed by atoms with Crippen LogP contribution >= 0.6 is 0 Å². The van der Waals surface area contributed by atoms with Crippen molar-refractivity contribution in [1.82, 2.24) is 9.78 Å². The van der Waals surface area contributed by atoms with Crippen molar-refractivity contribution in [2.45, 2.75) is 13.1 Å². The molecule has 2 rings (SSSR count). The predicted molar refractivity (Wildman–Crippen MR) is 58.7 cm³/mol. The molecule has 3 nitrogen and oxygen atoms in total. The molecule has 0 fully saturated rings. The summed E-state index contributed by atoms with van der Waals surface area (Å²) in [5.74, 6) is 0. The highest BCUT2D eigenvalue weighted by Gasteiger charge is 2.30. The Bertz CT molecular complexity index is 570. The second-order valence-corrected chi connectivity index (χ2v) is 3.76. The van der Waals surface area contributed by atoms with Crippen LogP contribution in [0.4, 0.5) is 13.2 Å². The lowest BCUT2D eigenvalue weighted by Gasteiger charge is -2.08. The van der Waals surface area contributed by atoms with Crippen molar-refractivity contribution in [3.8, 4) is 5.69 Å². The Kier molecular flexibility index (Phi) is 2.94. The number of hydrogen-bond acceptors (Lipinski definition) is 2. The normalized spacial score (nSPS) is 11.6. The molecule has 0 aliphatic rings. The fourth-order valence-electron chi connectivity index (χ4n) is 1.59. The summed E-state index contributed by atoms with van der Waals surface area (Å²) in [5, 5.41) is 3.95. The predicted octanol–water partition coefficient (Wildman–Crippen LogP) is 3.01. The van der Waals surface area contributed by atoms with E-state index < -0.39 is 11.7 Å². The van der Waals surface area contributed by atoms with E-state index in [1.54, 1.807) is 6.92 Å². The molecule has 0 aliphatic carbocycles. The maximum atomic E-state index is 12.4. The van der Waals surface area contributed by atoms with Crippen LogP contribution in [-0.2, 0) is 6.18 Å². The maximum absolute atomic E-state index is 12.4. The highest BCUT2D eigenvalue weighted by Crippen LogP contribution is 2.29. The molecule has 0 atom stereocenters. The van der Waals surface area contributed by atoms with Crippen LogP contribution in [0.2, 0.25) is 0 Å². The van der Waals surface area contributed by atoms with Gasteiger partial charge < -0.3 is 0 Å². The Labute approximate surface area is 101 Å². The van der Waals surface area contributed by atoms with Gasteiger partial charge in [0.2, 0.25) is 0 Å². The molecule has 18 heavy (non-hydrogen) atoms. The number of aromatic nitrogens is 2. The Morgan fingerprint density at radius 1 is 1.22 bits per heavy atom. The van der Waals surface area contributed by atoms with Crippen LogP contribution < -0.4 is 0 Å². The van der Waals surface area contributed by atoms with Gasteiger partial charge in [-0.2, -0.15) is 18.3 Å². The van der Waals surface area contributed by atoms with Gasteiger partial charge in [-0.25, -0.2) is 4.68 Å². The zero-order chi connectivity index (χ0) is 13.3. The van der Waals surface area contributed by atoms with Crippen LogP contribution in [0.3, 0.4) is 0 Å². The molecule has 1 aromatic carbocycles. The summed E-state index contributed by atoms with van der Waals surface area (Å²) in [6.45, 7) is 1.68. The van der Waals surface area contributed by atoms with Crippen LogP contribution in [0.25, 0.3) is 5.69 Å². The molecular formula is C12H9F3N2O. The van der Waals surface area contributed by atoms with Crippen molar-refractivity contribution in [3.05, 3.63) is 47.3 Å². The molecule has 0 spiro atoms. The van der Waals surface area contributed by atoms with Crippen LogP contribution in [0.5, 0.6) is 0 Å². The zero-order valence-corrected chi connectivity index (χ0v) is 9.40. The summed E-state index contributed by atoms with van der Waals surface area (Å²) < 4.78 is 38.6. The number of halogens is 3. The topological polar surface area (TPSA) is 34.9 Å². The van der Waals surface area contributed by atoms with E-state index in [9.17, 15) is 18.0 Å². The molecule has 0 saturated carbocycles. The number of aldehydes is 1. The van der Waals surface area contributed by atoms with Gasteiger partial charge in [0.25, 0.3) is 0 Å². The van der Waals surface area contributed by atoms with Crippen molar-refractivity contribution >= 4 is 6.29 Å². The number of rotatable bonds is 2. The summed E-state index contributed by atoms with van der Waals surface area (Å²) in [7, 11) is 0. The molecule has 1 aromatic heterocycles. The van der Waals surface area contributed by atoms with Gasteiger partial charge >= 0.3 is 6.18 Å². The maximum Gasteiger partial charge on any atom is 0.416 e. The lowest BCUT2D eigenvalue weighted by molar-refractivity contribution is -0.137. The first kappa shape index (κ1) is 12.3. The van der Waals surface area contributed by atoms with Crippen molar-refractivity contribution in [2.24, 2.45) is 0 Å². The first-order valence-corrected chi connectivity index (χ1v) is 5.11. The van der Waals surface area contributed by atoms with Crippen LogP contribution in [0.15, 0.2) is 30.5 Å². The molecule has 0 bridgehead atoms. The number of carbonyl (C=O) groups is 1. The minimum atomic E-state index is -4.36. The monoisotopic (exact) mass is 254 g/mol. The van der Waals surface area contributed by atoms with Gasteiger partial charge in [0, 0.05) is 0 Å². The summed E-state index contributed by atoms with van der Waals surface area (Å²) in [5.41, 5.74) is 0.764. The molecular weight excluding hydrogens is 245 g/mol. The fraction of sp³-hybridized carbons (Fsp3) is 0.167. The Morgan fingerprint density at radius 2 is 1.83 bits per heavy atom. The molecule has 0 amide bonds. The van der Waals surface area contributed by atoms with Crippen molar-refractivity contribution in [1.29, 1.82) is 0 Å². The highest BCUT2D eigenvalue weighted by atomic mass is 19.4. The Balaban J connectivity index is 2.40. The molecule has 2 aromatic rings. The SMILES string of the molecule is Cc1c(C=O)cnn1-c1ccc(C(F)(F)F)cc1. The standard InChI is InChI=1S/C12H9F3N2O/c1-8-9(7-18)6-16-17(8)11-4-2-10(3-5-11)12(13,14)15/h2-7H,1H3. The van der Waals surface area contributed by atoms with Gasteiger partial charge in [0.15, 0.2) is 6.29 Å². The molecule has 1 heterocycles. The number of alkyl halides is 3. The summed E-state index contributed by atoms with van der Waals surface area (Å²) in [4.78, 5) is 10.7. The minimum Gasteiger partial charge on any atom is -0.298 e. The fourth-order valence-corrected chi connectivity index (χ4v) is 1.59. The minimum absolute atomic E-state index is 0.412. The Morgan fingerprint density at radius 3 is 2.28 bits per heavy atom. The van der Waals surface area contributed by atoms with Crippen LogP contribution in [-0.4, -0.2) is 16.1 Å². The van der Waals surface area contributed by atoms with Crippen molar-refractivity contribution in [3.63, 3.8) is 0 Å². The van der Waals surface area contributed by atoms with Crippen molar-refractivity contribution < 1.29 is 18.0 Å². The molecule has 0 radical (unpaired) electrons. The summed E-state index contributed by atoms with van der Waals surface area (Å²) >= 11 is 0. The third-order valence-electron chi connectivity index (χ3n) is 2.61. The van der Waals surface area contributed by atoms with E-state index in [0.29, 0.717) is 23.2 Å². The van der Waals surface area contributed by atoms with Gasteiger partial charge in [-0.05, 0) is 31.2 Å². The van der Waals surface area contributed by atoms with Gasteiger partial charge in [-0.1, -0.05) is 0 Å². The summed E-state index contributed by atoms with van der Waals surface area (Å²) in [6.07, 6.45) is -2.32. The van der Waals surface area contributed by atoms with Gasteiger partial charge in [-0.3, -0.25) is 4.79 Å². The van der Waals surface area contributed by atoms with E-state index in [1.165, 1.54) is 23.0 Å². The second-order valence-electron chi connectivity index (χ2n) is 3.76. The van der Waals surface area contributed by atoms with E-state index in [1.807, 2.05) is 0 Å². The van der Waals surface area contributed by atoms with E-state index in [0.717, 1.165) is 12.1 Å². The molecule has 0 N–H and O–H groups in total. The highest BCUT2D eigenvalue weighted by molar-refractivity contribution is 5.76. The number of carbonyl (C=O) groups excluding carboxylic acids is 1. The third-order valence-corrected chi connectivity index (χ3v) is 2.61. The first-order valence-electron chi connectivity index (χ1n) is 5.11. The quantitative estimate of drug-likeness (QED) is 0.772. The molecule has 0 aliphatic heterocycles. The summed E-state index contributed by atoms with van der Waals surface area (Å²) in [6, 6.07) is 4.60. The average Bonchev–Trinajstić information content (AvgIpc) is 2.69. The van der Waals surface area contributed by atoms with Gasteiger partial charge in [-0.15, -0.1) is 0 Å². The second kappa shape index (κ2) is 4.29. The van der Waals surface area contributed by atoms with Gasteiger partial charge in [0.1, 0.15) is 0 Å². The smallest absolute Gasteiger partial charge is 0.298 e. The number of nitrogens with zero attached hydrogens (tertiary/aromatic N) is 2. The van der Waals surface area contributed by atoms with E-state index in [2.05, 4.69) is 5.10 Å². The van der Waals surface area contributed by atoms with E-state index in [-0.39, 0.29) is 0 Å². The number of benzene rings is 1. The lowest BCUT2D eigenvalue weighted by Crippen LogP contribution is -2.05. The average molecular weight is 254 g/mol. The van der Waals surface area contributed by atoms with Gasteiger partial charge in [0.05, 0.1) is 28.7 Å².